The van der Waals surface area contributed by atoms with E-state index >= 15 is 0 Å². The topological polar surface area (TPSA) is 90.9 Å². The Morgan fingerprint density at radius 3 is 2.56 bits per heavy atom. The van der Waals surface area contributed by atoms with Crippen LogP contribution in [0.4, 0.5) is 0 Å². The molecule has 1 fully saturated rings. The van der Waals surface area contributed by atoms with Gasteiger partial charge in [0.05, 0.1) is 5.60 Å². The Balaban J connectivity index is 1.64. The Hall–Kier alpha value is -2.16. The van der Waals surface area contributed by atoms with Gasteiger partial charge in [-0.05, 0) is 74.6 Å². The number of amides is 2. The number of nitrogens with zero attached hydrogens (tertiary/aromatic N) is 1. The van der Waals surface area contributed by atoms with Gasteiger partial charge in [0.1, 0.15) is 6.04 Å². The third-order valence-corrected chi connectivity index (χ3v) is 5.97. The van der Waals surface area contributed by atoms with Crippen LogP contribution in [0.25, 0.3) is 0 Å². The average molecular weight is 508 g/mol. The third kappa shape index (κ3) is 7.17. The molecule has 0 radical (unpaired) electrons. The van der Waals surface area contributed by atoms with E-state index in [2.05, 4.69) is 10.8 Å². The number of halogens is 2. The number of aliphatic hydroxyl groups is 1. The maximum absolute atomic E-state index is 13.0. The van der Waals surface area contributed by atoms with Crippen LogP contribution in [-0.4, -0.2) is 40.0 Å². The molecule has 0 unspecified atom stereocenters. The maximum atomic E-state index is 13.0. The molecule has 1 saturated heterocycles. The predicted octanol–water partition coefficient (Wildman–Crippen LogP) is 4.15. The van der Waals surface area contributed by atoms with E-state index in [1.807, 2.05) is 26.8 Å². The summed E-state index contributed by atoms with van der Waals surface area (Å²) in [6, 6.07) is 11.4. The normalized spacial score (nSPS) is 17.0. The van der Waals surface area contributed by atoms with E-state index in [-0.39, 0.29) is 18.1 Å². The van der Waals surface area contributed by atoms with Gasteiger partial charge in [-0.1, -0.05) is 41.4 Å². The van der Waals surface area contributed by atoms with E-state index in [1.165, 1.54) is 4.90 Å². The molecule has 184 valence electrons. The monoisotopic (exact) mass is 507 g/mol. The van der Waals surface area contributed by atoms with Crippen LogP contribution < -0.4 is 10.8 Å². The molecule has 2 amide bonds. The van der Waals surface area contributed by atoms with Gasteiger partial charge < -0.3 is 15.3 Å². The first kappa shape index (κ1) is 26.4. The van der Waals surface area contributed by atoms with Gasteiger partial charge in [-0.15, -0.1) is 0 Å². The first-order valence-corrected chi connectivity index (χ1v) is 12.0. The lowest BCUT2D eigenvalue weighted by Crippen LogP contribution is -2.47. The lowest BCUT2D eigenvalue weighted by molar-refractivity contribution is -0.145. The molecule has 1 aliphatic heterocycles. The largest absolute Gasteiger partial charge is 0.378 e. The van der Waals surface area contributed by atoms with Crippen molar-refractivity contribution in [3.8, 4) is 0 Å². The van der Waals surface area contributed by atoms with Crippen molar-refractivity contribution < 1.29 is 19.5 Å². The standard InChI is InChI=1S/C25H31Cl2N3O4/c1-25(2,3)34-29-15-17-9-10-20(27)13-18(17)14-28-23(32)21-8-5-11-30(21)24(33)22(31)16-6-4-7-19(26)12-16/h4,6-7,9-10,12-13,21-22,29,31H,5,8,11,14-15H2,1-3H3,(H,28,32)/t21-,22+/m0/s1. The number of rotatable bonds is 8. The minimum Gasteiger partial charge on any atom is -0.378 e. The first-order chi connectivity index (χ1) is 16.0. The molecule has 2 atom stereocenters. The SMILES string of the molecule is CC(C)(C)ONCc1ccc(Cl)cc1CNC(=O)[C@@H]1CCCN1C(=O)[C@H](O)c1cccc(Cl)c1. The summed E-state index contributed by atoms with van der Waals surface area (Å²) in [4.78, 5) is 33.0. The van der Waals surface area contributed by atoms with Crippen LogP contribution in [0, 0.1) is 0 Å². The molecule has 7 nitrogen and oxygen atoms in total. The molecule has 34 heavy (non-hydrogen) atoms. The van der Waals surface area contributed by atoms with E-state index in [0.29, 0.717) is 41.5 Å². The first-order valence-electron chi connectivity index (χ1n) is 11.2. The number of carbonyl (C=O) groups is 2. The summed E-state index contributed by atoms with van der Waals surface area (Å²) in [5, 5.41) is 14.5. The third-order valence-electron chi connectivity index (χ3n) is 5.50. The number of hydrogen-bond acceptors (Lipinski definition) is 5. The molecule has 2 aromatic rings. The van der Waals surface area contributed by atoms with Crippen LogP contribution in [0.1, 0.15) is 56.4 Å². The van der Waals surface area contributed by atoms with Gasteiger partial charge in [0, 0.05) is 29.7 Å². The summed E-state index contributed by atoms with van der Waals surface area (Å²) < 4.78 is 0. The highest BCUT2D eigenvalue weighted by atomic mass is 35.5. The minimum absolute atomic E-state index is 0.251. The fourth-order valence-corrected chi connectivity index (χ4v) is 4.23. The highest BCUT2D eigenvalue weighted by Crippen LogP contribution is 2.25. The van der Waals surface area contributed by atoms with E-state index in [4.69, 9.17) is 28.0 Å². The van der Waals surface area contributed by atoms with Crippen molar-refractivity contribution in [1.82, 2.24) is 15.7 Å². The Bertz CT molecular complexity index is 1030. The quantitative estimate of drug-likeness (QED) is 0.466. The predicted molar refractivity (Wildman–Crippen MR) is 132 cm³/mol. The Morgan fingerprint density at radius 2 is 1.85 bits per heavy atom. The molecule has 0 saturated carbocycles. The van der Waals surface area contributed by atoms with Gasteiger partial charge in [-0.25, -0.2) is 0 Å². The van der Waals surface area contributed by atoms with E-state index in [9.17, 15) is 14.7 Å². The number of benzene rings is 2. The molecule has 1 heterocycles. The molecule has 3 rings (SSSR count). The van der Waals surface area contributed by atoms with Crippen molar-refractivity contribution in [2.45, 2.75) is 64.4 Å². The van der Waals surface area contributed by atoms with Gasteiger partial charge in [-0.2, -0.15) is 5.48 Å². The van der Waals surface area contributed by atoms with E-state index < -0.39 is 18.1 Å². The summed E-state index contributed by atoms with van der Waals surface area (Å²) in [6.45, 7) is 6.94. The average Bonchev–Trinajstić information content (AvgIpc) is 3.27. The highest BCUT2D eigenvalue weighted by Gasteiger charge is 2.37. The second-order valence-corrected chi connectivity index (χ2v) is 10.2. The van der Waals surface area contributed by atoms with Gasteiger partial charge in [-0.3, -0.25) is 14.4 Å². The molecule has 1 aliphatic rings. The zero-order valence-corrected chi connectivity index (χ0v) is 21.1. The number of likely N-dealkylation sites (tertiary alicyclic amines) is 1. The number of hydrogen-bond donors (Lipinski definition) is 3. The fourth-order valence-electron chi connectivity index (χ4n) is 3.84. The number of hydroxylamine groups is 1. The number of aliphatic hydroxyl groups excluding tert-OH is 1. The van der Waals surface area contributed by atoms with Crippen LogP contribution in [0.3, 0.4) is 0 Å². The van der Waals surface area contributed by atoms with E-state index in [0.717, 1.165) is 11.1 Å². The van der Waals surface area contributed by atoms with Crippen molar-refractivity contribution >= 4 is 35.0 Å². The molecule has 0 aliphatic carbocycles. The number of nitrogens with one attached hydrogen (secondary N) is 2. The van der Waals surface area contributed by atoms with Gasteiger partial charge in [0.2, 0.25) is 5.91 Å². The zero-order chi connectivity index (χ0) is 24.9. The van der Waals surface area contributed by atoms with Crippen LogP contribution in [0.2, 0.25) is 10.0 Å². The van der Waals surface area contributed by atoms with Crippen molar-refractivity contribution in [3.63, 3.8) is 0 Å². The number of carbonyl (C=O) groups excluding carboxylic acids is 2. The van der Waals surface area contributed by atoms with Gasteiger partial charge in [0.15, 0.2) is 6.10 Å². The molecule has 0 bridgehead atoms. The molecule has 0 aromatic heterocycles. The maximum Gasteiger partial charge on any atom is 0.256 e. The lowest BCUT2D eigenvalue weighted by atomic mass is 10.1. The molecule has 0 spiro atoms. The van der Waals surface area contributed by atoms with Crippen LogP contribution >= 0.6 is 23.2 Å². The molecular weight excluding hydrogens is 477 g/mol. The second-order valence-electron chi connectivity index (χ2n) is 9.31. The van der Waals surface area contributed by atoms with Crippen molar-refractivity contribution in [3.05, 3.63) is 69.2 Å². The van der Waals surface area contributed by atoms with Crippen LogP contribution in [-0.2, 0) is 27.5 Å². The van der Waals surface area contributed by atoms with E-state index in [1.54, 1.807) is 36.4 Å². The van der Waals surface area contributed by atoms with Crippen molar-refractivity contribution in [2.24, 2.45) is 0 Å². The van der Waals surface area contributed by atoms with Gasteiger partial charge >= 0.3 is 0 Å². The van der Waals surface area contributed by atoms with Crippen LogP contribution in [0.5, 0.6) is 0 Å². The van der Waals surface area contributed by atoms with Crippen LogP contribution in [0.15, 0.2) is 42.5 Å². The highest BCUT2D eigenvalue weighted by molar-refractivity contribution is 6.31. The second kappa shape index (κ2) is 11.5. The minimum atomic E-state index is -1.37. The van der Waals surface area contributed by atoms with Gasteiger partial charge in [0.25, 0.3) is 5.91 Å². The Kier molecular flexibility index (Phi) is 8.95. The Morgan fingerprint density at radius 1 is 1.12 bits per heavy atom. The summed E-state index contributed by atoms with van der Waals surface area (Å²) in [5.74, 6) is -0.777. The zero-order valence-electron chi connectivity index (χ0n) is 19.6. The summed E-state index contributed by atoms with van der Waals surface area (Å²) in [7, 11) is 0. The molecule has 2 aromatic carbocycles. The summed E-state index contributed by atoms with van der Waals surface area (Å²) >= 11 is 12.2. The Labute approximate surface area is 210 Å². The lowest BCUT2D eigenvalue weighted by Gasteiger charge is -2.26. The summed E-state index contributed by atoms with van der Waals surface area (Å²) in [5.41, 5.74) is 4.80. The van der Waals surface area contributed by atoms with Crippen molar-refractivity contribution in [1.29, 1.82) is 0 Å². The molecular formula is C25H31Cl2N3O4. The van der Waals surface area contributed by atoms with Crippen molar-refractivity contribution in [2.75, 3.05) is 6.54 Å². The molecule has 3 N–H and O–H groups in total. The molecule has 9 heteroatoms. The summed E-state index contributed by atoms with van der Waals surface area (Å²) in [6.07, 6.45) is -0.160. The smallest absolute Gasteiger partial charge is 0.256 e. The fraction of sp³-hybridized carbons (Fsp3) is 0.440.